The molecule has 0 aliphatic carbocycles. The second-order valence-corrected chi connectivity index (χ2v) is 13.2. The van der Waals surface area contributed by atoms with Gasteiger partial charge in [-0.3, -0.25) is 4.90 Å². The number of rotatable bonds is 5. The van der Waals surface area contributed by atoms with E-state index in [0.29, 0.717) is 50.1 Å². The van der Waals surface area contributed by atoms with Gasteiger partial charge in [0.25, 0.3) is 0 Å². The van der Waals surface area contributed by atoms with Crippen LogP contribution in [0.5, 0.6) is 6.01 Å². The highest BCUT2D eigenvalue weighted by atomic mass is 35.5. The fraction of sp³-hybridized carbons (Fsp3) is 0.562. The van der Waals surface area contributed by atoms with Crippen molar-refractivity contribution in [3.8, 4) is 6.01 Å². The van der Waals surface area contributed by atoms with Crippen molar-refractivity contribution in [2.75, 3.05) is 31.1 Å². The lowest BCUT2D eigenvalue weighted by molar-refractivity contribution is 0.106. The molecule has 0 radical (unpaired) electrons. The van der Waals surface area contributed by atoms with Crippen LogP contribution in [-0.2, 0) is 13.0 Å². The third-order valence-electron chi connectivity index (χ3n) is 10.3. The highest BCUT2D eigenvalue weighted by molar-refractivity contribution is 6.36. The molecule has 6 nitrogen and oxygen atoms in total. The Balaban J connectivity index is 1.14. The summed E-state index contributed by atoms with van der Waals surface area (Å²) >= 11 is 6.72. The first-order valence-corrected chi connectivity index (χ1v) is 15.5. The number of nitrogens with one attached hydrogen (secondary N) is 1. The predicted octanol–water partition coefficient (Wildman–Crippen LogP) is 5.80. The van der Waals surface area contributed by atoms with Gasteiger partial charge in [-0.15, -0.1) is 0 Å². The Morgan fingerprint density at radius 2 is 1.90 bits per heavy atom. The topological polar surface area (TPSA) is 53.5 Å². The summed E-state index contributed by atoms with van der Waals surface area (Å²) in [6, 6.07) is 14.2. The van der Waals surface area contributed by atoms with Gasteiger partial charge in [0.15, 0.2) is 0 Å². The summed E-state index contributed by atoms with van der Waals surface area (Å²) < 4.78 is 20.9. The number of anilines is 1. The monoisotopic (exact) mass is 561 g/mol. The van der Waals surface area contributed by atoms with Gasteiger partial charge in [-0.25, -0.2) is 4.39 Å². The average Bonchev–Trinajstić information content (AvgIpc) is 3.61. The Morgan fingerprint density at radius 3 is 2.75 bits per heavy atom. The Hall–Kier alpha value is -2.48. The fourth-order valence-electron chi connectivity index (χ4n) is 8.51. The molecule has 40 heavy (non-hydrogen) atoms. The van der Waals surface area contributed by atoms with Crippen LogP contribution < -0.4 is 15.0 Å². The van der Waals surface area contributed by atoms with E-state index in [-0.39, 0.29) is 5.54 Å². The molecule has 5 atom stereocenters. The molecule has 2 bridgehead atoms. The van der Waals surface area contributed by atoms with Crippen molar-refractivity contribution >= 4 is 28.1 Å². The van der Waals surface area contributed by atoms with Gasteiger partial charge in [-0.2, -0.15) is 9.97 Å². The van der Waals surface area contributed by atoms with Gasteiger partial charge in [0.05, 0.1) is 28.5 Å². The standard InChI is InChI=1S/C32H37ClFN5O/c33-26-6-1-4-20-5-2-7-28(29(20)26)38-13-10-25-27(18-38)36-31(37-30(25)21-14-23-8-9-24(15-21)35-23)40-19-32-11-3-12-39(32)17-22(34)16-32/h1-2,4-7,21-24,35H,3,8-19H2/t21?,22-,23-,24+,32+/m1/s1. The minimum absolute atomic E-state index is 0.210. The van der Waals surface area contributed by atoms with Gasteiger partial charge in [0, 0.05) is 48.6 Å². The number of alkyl halides is 1. The predicted molar refractivity (Wildman–Crippen MR) is 156 cm³/mol. The first-order chi connectivity index (χ1) is 19.5. The number of hydrogen-bond donors (Lipinski definition) is 1. The summed E-state index contributed by atoms with van der Waals surface area (Å²) in [7, 11) is 0. The summed E-state index contributed by atoms with van der Waals surface area (Å²) in [5.41, 5.74) is 4.52. The van der Waals surface area contributed by atoms with Gasteiger partial charge in [0.1, 0.15) is 12.8 Å². The quantitative estimate of drug-likeness (QED) is 0.425. The lowest BCUT2D eigenvalue weighted by Crippen LogP contribution is -2.43. The normalized spacial score (nSPS) is 31.5. The minimum Gasteiger partial charge on any atom is -0.461 e. The molecule has 5 aliphatic rings. The Bertz CT molecular complexity index is 1440. The van der Waals surface area contributed by atoms with Crippen LogP contribution in [0, 0.1) is 0 Å². The van der Waals surface area contributed by atoms with E-state index in [1.54, 1.807) is 0 Å². The number of halogens is 2. The smallest absolute Gasteiger partial charge is 0.316 e. The zero-order valence-corrected chi connectivity index (χ0v) is 23.7. The van der Waals surface area contributed by atoms with Crippen LogP contribution in [0.25, 0.3) is 10.8 Å². The molecule has 0 amide bonds. The van der Waals surface area contributed by atoms with Gasteiger partial charge in [0.2, 0.25) is 0 Å². The number of aromatic nitrogens is 2. The summed E-state index contributed by atoms with van der Waals surface area (Å²) in [5.74, 6) is 0.430. The maximum atomic E-state index is 14.4. The van der Waals surface area contributed by atoms with Crippen molar-refractivity contribution in [3.63, 3.8) is 0 Å². The van der Waals surface area contributed by atoms with Crippen molar-refractivity contribution < 1.29 is 9.13 Å². The van der Waals surface area contributed by atoms with E-state index in [2.05, 4.69) is 39.4 Å². The number of piperidine rings is 1. The Kier molecular flexibility index (Phi) is 6.19. The van der Waals surface area contributed by atoms with E-state index >= 15 is 0 Å². The summed E-state index contributed by atoms with van der Waals surface area (Å²) in [5, 5.41) is 6.81. The van der Waals surface area contributed by atoms with E-state index in [0.717, 1.165) is 72.4 Å². The minimum atomic E-state index is -0.768. The summed E-state index contributed by atoms with van der Waals surface area (Å²) in [6.07, 6.45) is 7.56. The summed E-state index contributed by atoms with van der Waals surface area (Å²) in [4.78, 5) is 14.9. The van der Waals surface area contributed by atoms with Crippen LogP contribution >= 0.6 is 11.6 Å². The highest BCUT2D eigenvalue weighted by Crippen LogP contribution is 2.43. The molecule has 5 aliphatic heterocycles. The van der Waals surface area contributed by atoms with Crippen molar-refractivity contribution in [3.05, 3.63) is 58.4 Å². The zero-order chi connectivity index (χ0) is 26.8. The zero-order valence-electron chi connectivity index (χ0n) is 22.9. The van der Waals surface area contributed by atoms with E-state index in [1.807, 2.05) is 12.1 Å². The van der Waals surface area contributed by atoms with Crippen LogP contribution in [-0.4, -0.2) is 64.9 Å². The van der Waals surface area contributed by atoms with Crippen molar-refractivity contribution in [1.29, 1.82) is 0 Å². The van der Waals surface area contributed by atoms with Crippen LogP contribution in [0.3, 0.4) is 0 Å². The molecular formula is C32H37ClFN5O. The Labute approximate surface area is 240 Å². The van der Waals surface area contributed by atoms with E-state index < -0.39 is 6.17 Å². The largest absolute Gasteiger partial charge is 0.461 e. The molecule has 8 heteroatoms. The van der Waals surface area contributed by atoms with Gasteiger partial charge < -0.3 is 15.0 Å². The lowest BCUT2D eigenvalue weighted by Gasteiger charge is -2.35. The maximum Gasteiger partial charge on any atom is 0.316 e. The van der Waals surface area contributed by atoms with Crippen molar-refractivity contribution in [2.24, 2.45) is 0 Å². The average molecular weight is 562 g/mol. The van der Waals surface area contributed by atoms with Gasteiger partial charge >= 0.3 is 6.01 Å². The van der Waals surface area contributed by atoms with Crippen molar-refractivity contribution in [1.82, 2.24) is 20.2 Å². The first kappa shape index (κ1) is 25.2. The molecule has 3 aromatic rings. The number of fused-ring (bicyclic) bond motifs is 5. The van der Waals surface area contributed by atoms with Crippen LogP contribution in [0.15, 0.2) is 36.4 Å². The molecule has 4 fully saturated rings. The third kappa shape index (κ3) is 4.27. The molecule has 0 saturated carbocycles. The molecule has 6 heterocycles. The number of ether oxygens (including phenoxy) is 1. The third-order valence-corrected chi connectivity index (χ3v) is 10.7. The lowest BCUT2D eigenvalue weighted by atomic mass is 9.85. The second-order valence-electron chi connectivity index (χ2n) is 12.8. The van der Waals surface area contributed by atoms with E-state index in [1.165, 1.54) is 24.1 Å². The Morgan fingerprint density at radius 1 is 1.07 bits per heavy atom. The molecule has 8 rings (SSSR count). The molecule has 2 aromatic carbocycles. The molecule has 0 spiro atoms. The molecule has 1 unspecified atom stereocenters. The highest BCUT2D eigenvalue weighted by Gasteiger charge is 2.49. The second kappa shape index (κ2) is 9.81. The molecule has 1 aromatic heterocycles. The molecule has 1 N–H and O–H groups in total. The fourth-order valence-corrected chi connectivity index (χ4v) is 8.79. The van der Waals surface area contributed by atoms with Crippen LogP contribution in [0.2, 0.25) is 5.02 Å². The molecule has 210 valence electrons. The van der Waals surface area contributed by atoms with E-state index in [9.17, 15) is 4.39 Å². The number of nitrogens with zero attached hydrogens (tertiary/aromatic N) is 4. The molecule has 4 saturated heterocycles. The summed E-state index contributed by atoms with van der Waals surface area (Å²) in [6.45, 7) is 3.56. The van der Waals surface area contributed by atoms with Crippen molar-refractivity contribution in [2.45, 2.75) is 87.6 Å². The molecular weight excluding hydrogens is 525 g/mol. The van der Waals surface area contributed by atoms with Crippen LogP contribution in [0.1, 0.15) is 67.8 Å². The number of benzene rings is 2. The number of hydrogen-bond acceptors (Lipinski definition) is 6. The van der Waals surface area contributed by atoms with Gasteiger partial charge in [-0.05, 0) is 74.6 Å². The SMILES string of the molecule is F[C@H]1CN2CCC[C@@]2(COc2nc3c(c(C4C[C@H]5CC[C@@H](C4)N5)n2)CCN(c2cccc4cccc(Cl)c24)C3)C1. The van der Waals surface area contributed by atoms with Crippen LogP contribution in [0.4, 0.5) is 10.1 Å². The van der Waals surface area contributed by atoms with E-state index in [4.69, 9.17) is 26.3 Å². The maximum absolute atomic E-state index is 14.4. The van der Waals surface area contributed by atoms with Gasteiger partial charge in [-0.1, -0.05) is 35.9 Å². The first-order valence-electron chi connectivity index (χ1n) is 15.1.